The lowest BCUT2D eigenvalue weighted by atomic mass is 10.1. The molecule has 0 saturated carbocycles. The average Bonchev–Trinajstić information content (AvgIpc) is 3.38. The van der Waals surface area contributed by atoms with Crippen molar-refractivity contribution in [3.05, 3.63) is 107 Å². The number of thioether (sulfide) groups is 1. The number of aromatic nitrogens is 3. The van der Waals surface area contributed by atoms with E-state index in [4.69, 9.17) is 11.6 Å². The van der Waals surface area contributed by atoms with Crippen molar-refractivity contribution in [2.45, 2.75) is 37.4 Å². The minimum absolute atomic E-state index is 0.0261. The molecule has 9 heteroatoms. The minimum atomic E-state index is -0.0530. The van der Waals surface area contributed by atoms with Gasteiger partial charge in [-0.1, -0.05) is 71.9 Å². The summed E-state index contributed by atoms with van der Waals surface area (Å²) in [5, 5.41) is 10.4. The van der Waals surface area contributed by atoms with Crippen molar-refractivity contribution >= 4 is 35.2 Å². The van der Waals surface area contributed by atoms with Crippen molar-refractivity contribution in [1.82, 2.24) is 24.6 Å². The smallest absolute Gasteiger partial charge is 0.254 e. The third-order valence-electron chi connectivity index (χ3n) is 7.02. The molecule has 3 aromatic carbocycles. The van der Waals surface area contributed by atoms with E-state index in [2.05, 4.69) is 39.0 Å². The Balaban J connectivity index is 1.15. The standard InChI is InChI=1S/C31H32ClN5O2S/c1-23-22-35(18-19-36(23)30(39)25-14-16-26(32)17-15-25)29(38)13-8-20-40-31-34-33-28(21-24-9-4-2-5-10-24)37(31)27-11-6-3-7-12-27/h2-7,9-12,14-17,23H,8,13,18-22H2,1H3. The van der Waals surface area contributed by atoms with E-state index >= 15 is 0 Å². The van der Waals surface area contributed by atoms with Crippen molar-refractivity contribution in [1.29, 1.82) is 0 Å². The molecule has 0 aliphatic carbocycles. The van der Waals surface area contributed by atoms with E-state index in [-0.39, 0.29) is 17.9 Å². The summed E-state index contributed by atoms with van der Waals surface area (Å²) in [6.45, 7) is 3.59. The average molecular weight is 574 g/mol. The van der Waals surface area contributed by atoms with Gasteiger partial charge in [0.2, 0.25) is 5.91 Å². The van der Waals surface area contributed by atoms with Crippen molar-refractivity contribution in [3.8, 4) is 5.69 Å². The lowest BCUT2D eigenvalue weighted by molar-refractivity contribution is -0.133. The fraction of sp³-hybridized carbons (Fsp3) is 0.290. The van der Waals surface area contributed by atoms with Gasteiger partial charge in [0.1, 0.15) is 5.82 Å². The number of halogens is 1. The molecule has 1 saturated heterocycles. The molecule has 2 heterocycles. The van der Waals surface area contributed by atoms with Crippen LogP contribution in [-0.4, -0.2) is 67.8 Å². The molecule has 2 amide bonds. The molecule has 1 aromatic heterocycles. The minimum Gasteiger partial charge on any atom is -0.339 e. The monoisotopic (exact) mass is 573 g/mol. The highest BCUT2D eigenvalue weighted by Gasteiger charge is 2.30. The maximum atomic E-state index is 13.0. The van der Waals surface area contributed by atoms with E-state index in [9.17, 15) is 9.59 Å². The quantitative estimate of drug-likeness (QED) is 0.188. The van der Waals surface area contributed by atoms with Crippen molar-refractivity contribution in [3.63, 3.8) is 0 Å². The fourth-order valence-electron chi connectivity index (χ4n) is 4.91. The number of amides is 2. The lowest BCUT2D eigenvalue weighted by Gasteiger charge is -2.40. The zero-order chi connectivity index (χ0) is 27.9. The van der Waals surface area contributed by atoms with Crippen LogP contribution in [0.2, 0.25) is 5.02 Å². The highest BCUT2D eigenvalue weighted by Crippen LogP contribution is 2.25. The van der Waals surface area contributed by atoms with Gasteiger partial charge in [0.15, 0.2) is 5.16 Å². The number of nitrogens with zero attached hydrogens (tertiary/aromatic N) is 5. The summed E-state index contributed by atoms with van der Waals surface area (Å²) in [6, 6.07) is 27.3. The van der Waals surface area contributed by atoms with Crippen molar-refractivity contribution < 1.29 is 9.59 Å². The second kappa shape index (κ2) is 13.2. The number of hydrogen-bond acceptors (Lipinski definition) is 5. The number of carbonyl (C=O) groups excluding carboxylic acids is 2. The summed E-state index contributed by atoms with van der Waals surface area (Å²) >= 11 is 7.58. The normalized spacial score (nSPS) is 15.3. The summed E-state index contributed by atoms with van der Waals surface area (Å²) in [4.78, 5) is 29.7. The molecule has 0 bridgehead atoms. The van der Waals surface area contributed by atoms with Gasteiger partial charge in [-0.2, -0.15) is 0 Å². The Bertz CT molecular complexity index is 1430. The van der Waals surface area contributed by atoms with Crippen LogP contribution in [0.4, 0.5) is 0 Å². The fourth-order valence-corrected chi connectivity index (χ4v) is 5.95. The molecule has 1 aliphatic rings. The third kappa shape index (κ3) is 6.74. The number of rotatable bonds is 9. The van der Waals surface area contributed by atoms with Crippen LogP contribution in [-0.2, 0) is 11.2 Å². The largest absolute Gasteiger partial charge is 0.339 e. The lowest BCUT2D eigenvalue weighted by Crippen LogP contribution is -2.55. The summed E-state index contributed by atoms with van der Waals surface area (Å²) in [5.41, 5.74) is 2.82. The Kier molecular flexibility index (Phi) is 9.19. The Morgan fingerprint density at radius 2 is 1.62 bits per heavy atom. The third-order valence-corrected chi connectivity index (χ3v) is 8.29. The van der Waals surface area contributed by atoms with Gasteiger partial charge in [0.25, 0.3) is 5.91 Å². The molecular weight excluding hydrogens is 542 g/mol. The van der Waals surface area contributed by atoms with Crippen LogP contribution in [0, 0.1) is 0 Å². The molecule has 4 aromatic rings. The highest BCUT2D eigenvalue weighted by atomic mass is 35.5. The van der Waals surface area contributed by atoms with E-state index in [1.54, 1.807) is 36.0 Å². The first-order valence-corrected chi connectivity index (χ1v) is 14.9. The van der Waals surface area contributed by atoms with E-state index in [1.165, 1.54) is 5.56 Å². The first-order chi connectivity index (χ1) is 19.5. The highest BCUT2D eigenvalue weighted by molar-refractivity contribution is 7.99. The van der Waals surface area contributed by atoms with Crippen molar-refractivity contribution in [2.24, 2.45) is 0 Å². The molecule has 0 radical (unpaired) electrons. The molecule has 1 aliphatic heterocycles. The number of benzene rings is 3. The summed E-state index contributed by atoms with van der Waals surface area (Å²) in [6.07, 6.45) is 1.88. The van der Waals surface area contributed by atoms with E-state index < -0.39 is 0 Å². The molecule has 206 valence electrons. The van der Waals surface area contributed by atoms with E-state index in [0.717, 1.165) is 28.8 Å². The van der Waals surface area contributed by atoms with Gasteiger partial charge >= 0.3 is 0 Å². The predicted octanol–water partition coefficient (Wildman–Crippen LogP) is 5.76. The van der Waals surface area contributed by atoms with Gasteiger partial charge in [-0.05, 0) is 55.3 Å². The van der Waals surface area contributed by atoms with Gasteiger partial charge in [0.05, 0.1) is 0 Å². The molecule has 5 rings (SSSR count). The second-order valence-corrected chi connectivity index (χ2v) is 11.4. The van der Waals surface area contributed by atoms with Crippen molar-refractivity contribution in [2.75, 3.05) is 25.4 Å². The van der Waals surface area contributed by atoms with Gasteiger partial charge in [0, 0.05) is 60.5 Å². The van der Waals surface area contributed by atoms with E-state index in [1.807, 2.05) is 53.1 Å². The number of piperazine rings is 1. The Morgan fingerprint density at radius 1 is 0.925 bits per heavy atom. The second-order valence-electron chi connectivity index (χ2n) is 9.88. The first-order valence-electron chi connectivity index (χ1n) is 13.5. The zero-order valence-corrected chi connectivity index (χ0v) is 24.0. The Labute approximate surface area is 244 Å². The molecule has 40 heavy (non-hydrogen) atoms. The zero-order valence-electron chi connectivity index (χ0n) is 22.4. The summed E-state index contributed by atoms with van der Waals surface area (Å²) < 4.78 is 2.11. The number of carbonyl (C=O) groups is 2. The SMILES string of the molecule is CC1CN(C(=O)CCCSc2nnc(Cc3ccccc3)n2-c2ccccc2)CCN1C(=O)c1ccc(Cl)cc1. The van der Waals surface area contributed by atoms with Crippen LogP contribution in [0.1, 0.15) is 41.5 Å². The predicted molar refractivity (Wildman–Crippen MR) is 159 cm³/mol. The molecule has 1 atom stereocenters. The first kappa shape index (κ1) is 27.9. The Hall–Kier alpha value is -3.62. The van der Waals surface area contributed by atoms with Crippen LogP contribution in [0.3, 0.4) is 0 Å². The topological polar surface area (TPSA) is 71.3 Å². The van der Waals surface area contributed by atoms with Crippen LogP contribution in [0.15, 0.2) is 90.1 Å². The van der Waals surface area contributed by atoms with Crippen LogP contribution < -0.4 is 0 Å². The van der Waals surface area contributed by atoms with Gasteiger partial charge in [-0.3, -0.25) is 14.2 Å². The van der Waals surface area contributed by atoms with E-state index in [0.29, 0.717) is 43.1 Å². The summed E-state index contributed by atoms with van der Waals surface area (Å²) in [5.74, 6) is 1.74. The van der Waals surface area contributed by atoms with Gasteiger partial charge < -0.3 is 9.80 Å². The van der Waals surface area contributed by atoms with Crippen LogP contribution in [0.5, 0.6) is 0 Å². The maximum absolute atomic E-state index is 13.0. The molecule has 7 nitrogen and oxygen atoms in total. The number of hydrogen-bond donors (Lipinski definition) is 0. The molecule has 1 unspecified atom stereocenters. The molecular formula is C31H32ClN5O2S. The molecule has 1 fully saturated rings. The molecule has 0 N–H and O–H groups in total. The maximum Gasteiger partial charge on any atom is 0.254 e. The van der Waals surface area contributed by atoms with Gasteiger partial charge in [-0.15, -0.1) is 10.2 Å². The summed E-state index contributed by atoms with van der Waals surface area (Å²) in [7, 11) is 0. The molecule has 0 spiro atoms. The van der Waals surface area contributed by atoms with Gasteiger partial charge in [-0.25, -0.2) is 0 Å². The van der Waals surface area contributed by atoms with Crippen LogP contribution in [0.25, 0.3) is 5.69 Å². The Morgan fingerprint density at radius 3 is 2.33 bits per heavy atom. The van der Waals surface area contributed by atoms with Crippen LogP contribution >= 0.6 is 23.4 Å². The number of para-hydroxylation sites is 1.